The van der Waals surface area contributed by atoms with E-state index in [4.69, 9.17) is 0 Å². The average molecular weight is 482 g/mol. The molecule has 0 heterocycles. The van der Waals surface area contributed by atoms with Gasteiger partial charge in [0, 0.05) is 26.2 Å². The molecule has 0 saturated heterocycles. The molecule has 0 amide bonds. The zero-order valence-corrected chi connectivity index (χ0v) is 19.9. The molecule has 28 heavy (non-hydrogen) atoms. The molecular weight excluding hydrogens is 451 g/mol. The Balaban J connectivity index is -0.000000152. The van der Waals surface area contributed by atoms with Crippen LogP contribution in [0.1, 0.15) is 60.8 Å². The van der Waals surface area contributed by atoms with Gasteiger partial charge in [0.2, 0.25) is 0 Å². The third-order valence-corrected chi connectivity index (χ3v) is 2.10. The summed E-state index contributed by atoms with van der Waals surface area (Å²) in [6.07, 6.45) is -0.310. The summed E-state index contributed by atoms with van der Waals surface area (Å²) in [5.74, 6) is -1.80. The van der Waals surface area contributed by atoms with Crippen LogP contribution in [-0.4, -0.2) is 55.1 Å². The maximum atomic E-state index is 10.4. The van der Waals surface area contributed by atoms with E-state index in [0.29, 0.717) is 19.8 Å². The van der Waals surface area contributed by atoms with Crippen molar-refractivity contribution >= 4 is 35.3 Å². The fourth-order valence-corrected chi connectivity index (χ4v) is 1.25. The molecule has 9 nitrogen and oxygen atoms in total. The van der Waals surface area contributed by atoms with E-state index in [0.717, 1.165) is 0 Å². The first-order valence-electron chi connectivity index (χ1n) is 8.45. The third-order valence-electron chi connectivity index (χ3n) is 2.10. The van der Waals surface area contributed by atoms with Gasteiger partial charge in [-0.05, 0) is 41.5 Å². The van der Waals surface area contributed by atoms with E-state index in [2.05, 4.69) is 14.2 Å². The molecule has 0 radical (unpaired) electrons. The number of carbonyl (C=O) groups is 6. The van der Waals surface area contributed by atoms with Crippen LogP contribution in [0.25, 0.3) is 0 Å². The van der Waals surface area contributed by atoms with Crippen LogP contribution in [0.2, 0.25) is 0 Å². The number of esters is 3. The summed E-state index contributed by atoms with van der Waals surface area (Å²) in [5.41, 5.74) is 0. The van der Waals surface area contributed by atoms with Crippen LogP contribution < -0.4 is 0 Å². The van der Waals surface area contributed by atoms with Gasteiger partial charge in [-0.25, -0.2) is 0 Å². The Morgan fingerprint density at radius 3 is 0.786 bits per heavy atom. The fraction of sp³-hybridized carbons (Fsp3) is 0.667. The molecule has 0 aromatic rings. The molecule has 0 aromatic carbocycles. The Labute approximate surface area is 185 Å². The molecule has 0 saturated carbocycles. The minimum atomic E-state index is -0.440. The molecule has 0 aliphatic heterocycles. The van der Waals surface area contributed by atoms with Crippen LogP contribution in [0.3, 0.4) is 0 Å². The van der Waals surface area contributed by atoms with Gasteiger partial charge in [-0.15, -0.1) is 0 Å². The van der Waals surface area contributed by atoms with Gasteiger partial charge in [-0.1, -0.05) is 0 Å². The number of hydrogen-bond acceptors (Lipinski definition) is 9. The summed E-state index contributed by atoms with van der Waals surface area (Å²) >= 11 is 0. The quantitative estimate of drug-likeness (QED) is 0.274. The zero-order valence-electron chi connectivity index (χ0n) is 17.4. The van der Waals surface area contributed by atoms with Crippen LogP contribution >= 0.6 is 0 Å². The van der Waals surface area contributed by atoms with Crippen molar-refractivity contribution in [2.75, 3.05) is 19.8 Å². The molecule has 0 rings (SSSR count). The van der Waals surface area contributed by atoms with Crippen molar-refractivity contribution in [3.63, 3.8) is 0 Å². The largest absolute Gasteiger partial charge is 0.466 e. The summed E-state index contributed by atoms with van der Waals surface area (Å²) in [6.45, 7) is 10.2. The summed E-state index contributed by atoms with van der Waals surface area (Å²) in [4.78, 5) is 61.9. The van der Waals surface area contributed by atoms with Crippen molar-refractivity contribution in [3.05, 3.63) is 0 Å². The van der Waals surface area contributed by atoms with Crippen molar-refractivity contribution in [1.82, 2.24) is 0 Å². The van der Waals surface area contributed by atoms with Gasteiger partial charge >= 0.3 is 17.9 Å². The molecule has 0 aromatic heterocycles. The monoisotopic (exact) mass is 480 g/mol. The van der Waals surface area contributed by atoms with Gasteiger partial charge in [0.15, 0.2) is 0 Å². The molecule has 0 bridgehead atoms. The van der Waals surface area contributed by atoms with Gasteiger partial charge in [0.05, 0.1) is 19.8 Å². The van der Waals surface area contributed by atoms with Gasteiger partial charge in [-0.3, -0.25) is 28.8 Å². The normalized spacial score (nSPS) is 8.36. The van der Waals surface area contributed by atoms with Crippen LogP contribution in [-0.2, 0) is 69.2 Å². The molecule has 0 aliphatic rings. The molecule has 0 N–H and O–H groups in total. The maximum absolute atomic E-state index is 10.4. The Morgan fingerprint density at radius 1 is 0.500 bits per heavy atom. The second kappa shape index (κ2) is 23.3. The predicted octanol–water partition coefficient (Wildman–Crippen LogP) is 1.58. The minimum Gasteiger partial charge on any atom is -0.466 e. The van der Waals surface area contributed by atoms with Crippen molar-refractivity contribution in [2.45, 2.75) is 60.8 Å². The van der Waals surface area contributed by atoms with Crippen LogP contribution in [0, 0.1) is 0 Å². The number of hydrogen-bond donors (Lipinski definition) is 0. The van der Waals surface area contributed by atoms with E-state index in [1.807, 2.05) is 0 Å². The Kier molecular flexibility index (Phi) is 28.2. The number of rotatable bonds is 9. The van der Waals surface area contributed by atoms with Crippen molar-refractivity contribution < 1.29 is 69.2 Å². The summed E-state index contributed by atoms with van der Waals surface area (Å²) in [6, 6.07) is 0. The van der Waals surface area contributed by atoms with Gasteiger partial charge in [0.25, 0.3) is 0 Å². The average Bonchev–Trinajstić information content (AvgIpc) is 2.46. The Morgan fingerprint density at radius 2 is 0.679 bits per heavy atom. The fourth-order valence-electron chi connectivity index (χ4n) is 1.25. The topological polar surface area (TPSA) is 130 Å². The molecule has 0 fully saturated rings. The molecular formula is C18H30O9Zr. The van der Waals surface area contributed by atoms with Crippen molar-refractivity contribution in [1.29, 1.82) is 0 Å². The van der Waals surface area contributed by atoms with E-state index < -0.39 is 17.9 Å². The van der Waals surface area contributed by atoms with Crippen molar-refractivity contribution in [2.24, 2.45) is 0 Å². The second-order valence-electron chi connectivity index (χ2n) is 5.05. The molecule has 160 valence electrons. The van der Waals surface area contributed by atoms with E-state index in [1.165, 1.54) is 20.8 Å². The number of carbonyl (C=O) groups excluding carboxylic acids is 6. The summed E-state index contributed by atoms with van der Waals surface area (Å²) in [7, 11) is 0. The Hall–Kier alpha value is -1.70. The molecule has 0 unspecified atom stereocenters. The summed E-state index contributed by atoms with van der Waals surface area (Å²) in [5, 5.41) is 0. The van der Waals surface area contributed by atoms with Crippen LogP contribution in [0.15, 0.2) is 0 Å². The third kappa shape index (κ3) is 35.4. The van der Waals surface area contributed by atoms with E-state index in [9.17, 15) is 28.8 Å². The first kappa shape index (κ1) is 33.9. The molecule has 10 heteroatoms. The van der Waals surface area contributed by atoms with E-state index in [-0.39, 0.29) is 62.8 Å². The van der Waals surface area contributed by atoms with E-state index >= 15 is 0 Å². The number of ketones is 3. The SMILES string of the molecule is CCOC(=O)CC(C)=O.CCOC(=O)CC(C)=O.CCOC(=O)CC(C)=O.[Zr]. The second-order valence-corrected chi connectivity index (χ2v) is 5.05. The van der Waals surface area contributed by atoms with Crippen LogP contribution in [0.4, 0.5) is 0 Å². The smallest absolute Gasteiger partial charge is 0.313 e. The van der Waals surface area contributed by atoms with Crippen LogP contribution in [0.5, 0.6) is 0 Å². The summed E-state index contributed by atoms with van der Waals surface area (Å²) < 4.78 is 13.5. The standard InChI is InChI=1S/3C6H10O3.Zr/c3*1-3-9-6(8)4-5(2)7;/h3*3-4H2,1-2H3;. The van der Waals surface area contributed by atoms with Gasteiger partial charge in [0.1, 0.15) is 36.6 Å². The predicted molar refractivity (Wildman–Crippen MR) is 95.8 cm³/mol. The van der Waals surface area contributed by atoms with Crippen molar-refractivity contribution in [3.8, 4) is 0 Å². The first-order chi connectivity index (χ1) is 12.5. The van der Waals surface area contributed by atoms with Gasteiger partial charge < -0.3 is 14.2 Å². The number of Topliss-reactive ketones (excluding diaryl/α,β-unsaturated/α-hetero) is 3. The maximum Gasteiger partial charge on any atom is 0.313 e. The first-order valence-corrected chi connectivity index (χ1v) is 8.45. The molecule has 0 aliphatic carbocycles. The molecule has 0 spiro atoms. The van der Waals surface area contributed by atoms with E-state index in [1.54, 1.807) is 20.8 Å². The zero-order chi connectivity index (χ0) is 21.8. The Bertz CT molecular complexity index is 430. The van der Waals surface area contributed by atoms with Gasteiger partial charge in [-0.2, -0.15) is 0 Å². The molecule has 0 atom stereocenters. The minimum absolute atomic E-state index is 0. The number of ether oxygens (including phenoxy) is 3.